The SMILES string of the molecule is CC(O)[NH+](C)C(C)O. The van der Waals surface area contributed by atoms with Crippen molar-refractivity contribution in [1.82, 2.24) is 0 Å². The first-order valence-corrected chi connectivity index (χ1v) is 2.75. The summed E-state index contributed by atoms with van der Waals surface area (Å²) in [6, 6.07) is 0. The minimum Gasteiger partial charge on any atom is -0.345 e. The van der Waals surface area contributed by atoms with Gasteiger partial charge in [0.1, 0.15) is 0 Å². The maximum absolute atomic E-state index is 8.79. The van der Waals surface area contributed by atoms with E-state index in [4.69, 9.17) is 10.2 Å². The molecular formula is C5H14NO2+. The average Bonchev–Trinajstić information content (AvgIpc) is 1.64. The molecule has 0 rings (SSSR count). The lowest BCUT2D eigenvalue weighted by Gasteiger charge is -2.18. The second-order valence-electron chi connectivity index (χ2n) is 2.10. The van der Waals surface area contributed by atoms with Crippen LogP contribution in [-0.2, 0) is 0 Å². The Hall–Kier alpha value is -0.120. The lowest BCUT2D eigenvalue weighted by Crippen LogP contribution is -3.16. The van der Waals surface area contributed by atoms with Gasteiger partial charge in [0.25, 0.3) is 0 Å². The van der Waals surface area contributed by atoms with E-state index in [0.717, 1.165) is 0 Å². The minimum atomic E-state index is -0.491. The van der Waals surface area contributed by atoms with Crippen LogP contribution in [0.4, 0.5) is 0 Å². The Kier molecular flexibility index (Phi) is 2.97. The standard InChI is InChI=1S/C5H13NO2/c1-4(7)6(3)5(2)8/h4-5,7-8H,1-3H3/p+1. The van der Waals surface area contributed by atoms with E-state index in [9.17, 15) is 0 Å². The first-order chi connectivity index (χ1) is 3.55. The van der Waals surface area contributed by atoms with Crippen molar-refractivity contribution in [2.75, 3.05) is 7.05 Å². The van der Waals surface area contributed by atoms with Crippen LogP contribution in [0.1, 0.15) is 13.8 Å². The number of nitrogens with one attached hydrogen (secondary N) is 1. The van der Waals surface area contributed by atoms with E-state index in [1.807, 2.05) is 0 Å². The number of aliphatic hydroxyl groups is 2. The summed E-state index contributed by atoms with van der Waals surface area (Å²) in [7, 11) is 1.73. The second-order valence-corrected chi connectivity index (χ2v) is 2.10. The second kappa shape index (κ2) is 3.02. The van der Waals surface area contributed by atoms with E-state index in [2.05, 4.69) is 0 Å². The Morgan fingerprint density at radius 3 is 1.38 bits per heavy atom. The molecule has 0 heterocycles. The van der Waals surface area contributed by atoms with E-state index in [-0.39, 0.29) is 0 Å². The lowest BCUT2D eigenvalue weighted by atomic mass is 10.5. The molecule has 3 N–H and O–H groups in total. The Bertz CT molecular complexity index is 55.4. The Labute approximate surface area is 49.5 Å². The van der Waals surface area contributed by atoms with Crippen molar-refractivity contribution in [3.8, 4) is 0 Å². The average molecular weight is 120 g/mol. The van der Waals surface area contributed by atoms with Gasteiger partial charge in [0.05, 0.1) is 7.05 Å². The van der Waals surface area contributed by atoms with Gasteiger partial charge in [-0.25, -0.2) is 0 Å². The van der Waals surface area contributed by atoms with Gasteiger partial charge in [-0.1, -0.05) is 0 Å². The Morgan fingerprint density at radius 1 is 1.12 bits per heavy atom. The van der Waals surface area contributed by atoms with Crippen molar-refractivity contribution >= 4 is 0 Å². The molecule has 2 atom stereocenters. The van der Waals surface area contributed by atoms with E-state index < -0.39 is 12.5 Å². The summed E-state index contributed by atoms with van der Waals surface area (Å²) in [4.78, 5) is 0.713. The highest BCUT2D eigenvalue weighted by molar-refractivity contribution is 4.20. The summed E-state index contributed by atoms with van der Waals surface area (Å²) < 4.78 is 0. The highest BCUT2D eigenvalue weighted by atomic mass is 16.3. The van der Waals surface area contributed by atoms with Crippen LogP contribution < -0.4 is 4.90 Å². The van der Waals surface area contributed by atoms with E-state index >= 15 is 0 Å². The van der Waals surface area contributed by atoms with Gasteiger partial charge in [-0.3, -0.25) is 4.90 Å². The fraction of sp³-hybridized carbons (Fsp3) is 1.00. The largest absolute Gasteiger partial charge is 0.345 e. The highest BCUT2D eigenvalue weighted by Crippen LogP contribution is 1.64. The van der Waals surface area contributed by atoms with Gasteiger partial charge in [-0.15, -0.1) is 0 Å². The molecule has 0 aliphatic rings. The molecule has 0 radical (unpaired) electrons. The number of rotatable bonds is 2. The third-order valence-corrected chi connectivity index (χ3v) is 1.32. The van der Waals surface area contributed by atoms with Crippen molar-refractivity contribution in [1.29, 1.82) is 0 Å². The molecule has 3 heteroatoms. The van der Waals surface area contributed by atoms with Crippen molar-refractivity contribution in [2.24, 2.45) is 0 Å². The molecule has 0 aromatic carbocycles. The van der Waals surface area contributed by atoms with Gasteiger partial charge in [0.2, 0.25) is 0 Å². The first kappa shape index (κ1) is 7.88. The summed E-state index contributed by atoms with van der Waals surface area (Å²) in [5.74, 6) is 0. The maximum atomic E-state index is 8.79. The molecule has 0 spiro atoms. The zero-order valence-corrected chi connectivity index (χ0v) is 5.55. The molecule has 0 saturated carbocycles. The Morgan fingerprint density at radius 2 is 1.38 bits per heavy atom. The zero-order chi connectivity index (χ0) is 6.73. The predicted octanol–water partition coefficient (Wildman–Crippen LogP) is -1.82. The van der Waals surface area contributed by atoms with Crippen molar-refractivity contribution in [2.45, 2.75) is 26.3 Å². The highest BCUT2D eigenvalue weighted by Gasteiger charge is 2.12. The lowest BCUT2D eigenvalue weighted by molar-refractivity contribution is -0.968. The van der Waals surface area contributed by atoms with E-state index in [1.54, 1.807) is 20.9 Å². The number of aliphatic hydroxyl groups excluding tert-OH is 2. The molecule has 0 amide bonds. The molecule has 0 bridgehead atoms. The monoisotopic (exact) mass is 120 g/mol. The van der Waals surface area contributed by atoms with Crippen LogP contribution in [0.15, 0.2) is 0 Å². The van der Waals surface area contributed by atoms with Crippen LogP contribution in [0.3, 0.4) is 0 Å². The zero-order valence-electron chi connectivity index (χ0n) is 5.55. The smallest absolute Gasteiger partial charge is 0.187 e. The third kappa shape index (κ3) is 2.26. The molecule has 0 aliphatic carbocycles. The Balaban J connectivity index is 3.46. The molecule has 3 nitrogen and oxygen atoms in total. The molecule has 2 unspecified atom stereocenters. The van der Waals surface area contributed by atoms with Crippen LogP contribution in [0.25, 0.3) is 0 Å². The van der Waals surface area contributed by atoms with Gasteiger partial charge in [-0.05, 0) is 0 Å². The van der Waals surface area contributed by atoms with Gasteiger partial charge < -0.3 is 10.2 Å². The van der Waals surface area contributed by atoms with Crippen LogP contribution in [-0.4, -0.2) is 29.7 Å². The summed E-state index contributed by atoms with van der Waals surface area (Å²) in [5, 5.41) is 17.6. The molecule has 0 aromatic heterocycles. The van der Waals surface area contributed by atoms with Crippen LogP contribution in [0.2, 0.25) is 0 Å². The fourth-order valence-electron chi connectivity index (χ4n) is 0.349. The number of quaternary nitrogens is 1. The summed E-state index contributed by atoms with van der Waals surface area (Å²) >= 11 is 0. The maximum Gasteiger partial charge on any atom is 0.187 e. The van der Waals surface area contributed by atoms with Crippen molar-refractivity contribution in [3.05, 3.63) is 0 Å². The molecule has 0 aromatic rings. The van der Waals surface area contributed by atoms with Crippen LogP contribution in [0.5, 0.6) is 0 Å². The molecule has 0 fully saturated rings. The summed E-state index contributed by atoms with van der Waals surface area (Å²) in [5.41, 5.74) is 0. The van der Waals surface area contributed by atoms with Gasteiger partial charge in [-0.2, -0.15) is 0 Å². The van der Waals surface area contributed by atoms with E-state index in [1.165, 1.54) is 0 Å². The topological polar surface area (TPSA) is 44.9 Å². The molecular weight excluding hydrogens is 106 g/mol. The third-order valence-electron chi connectivity index (χ3n) is 1.32. The molecule has 50 valence electrons. The summed E-state index contributed by atoms with van der Waals surface area (Å²) in [6.07, 6.45) is -0.981. The van der Waals surface area contributed by atoms with Crippen LogP contribution >= 0.6 is 0 Å². The van der Waals surface area contributed by atoms with Gasteiger partial charge in [0.15, 0.2) is 12.5 Å². The fourth-order valence-corrected chi connectivity index (χ4v) is 0.349. The normalized spacial score (nSPS) is 22.1. The van der Waals surface area contributed by atoms with Gasteiger partial charge in [0, 0.05) is 13.8 Å². The molecule has 0 saturated heterocycles. The molecule has 0 aliphatic heterocycles. The van der Waals surface area contributed by atoms with Crippen molar-refractivity contribution < 1.29 is 15.1 Å². The predicted molar refractivity (Wildman–Crippen MR) is 30.2 cm³/mol. The molecule has 8 heavy (non-hydrogen) atoms. The minimum absolute atomic E-state index is 0.491. The quantitative estimate of drug-likeness (QED) is 0.376. The van der Waals surface area contributed by atoms with Crippen LogP contribution in [0, 0.1) is 0 Å². The summed E-state index contributed by atoms with van der Waals surface area (Å²) in [6.45, 7) is 3.28. The van der Waals surface area contributed by atoms with Gasteiger partial charge >= 0.3 is 0 Å². The number of hydrogen-bond acceptors (Lipinski definition) is 2. The van der Waals surface area contributed by atoms with E-state index in [0.29, 0.717) is 4.90 Å². The number of hydrogen-bond donors (Lipinski definition) is 3. The first-order valence-electron chi connectivity index (χ1n) is 2.75. The van der Waals surface area contributed by atoms with Crippen molar-refractivity contribution in [3.63, 3.8) is 0 Å².